The second-order valence-corrected chi connectivity index (χ2v) is 5.41. The number of carbonyl (C=O) groups excluding carboxylic acids is 1. The Hall–Kier alpha value is -1.21. The van der Waals surface area contributed by atoms with Gasteiger partial charge in [0.25, 0.3) is 0 Å². The van der Waals surface area contributed by atoms with Crippen LogP contribution >= 0.6 is 0 Å². The Morgan fingerprint density at radius 1 is 1.35 bits per heavy atom. The van der Waals surface area contributed by atoms with E-state index in [2.05, 4.69) is 28.2 Å². The zero-order chi connectivity index (χ0) is 14.8. The first-order valence-corrected chi connectivity index (χ1v) is 7.55. The Labute approximate surface area is 121 Å². The SMILES string of the molecule is CCCCCCC[C@@H]1CC[C@@]1(O)C#CCOC(=O)OC. The summed E-state index contributed by atoms with van der Waals surface area (Å²) in [5.41, 5.74) is -0.871. The third-order valence-electron chi connectivity index (χ3n) is 3.94. The molecule has 1 fully saturated rings. The van der Waals surface area contributed by atoms with Crippen molar-refractivity contribution >= 4 is 6.16 Å². The van der Waals surface area contributed by atoms with Gasteiger partial charge in [-0.05, 0) is 25.2 Å². The molecule has 0 spiro atoms. The highest BCUT2D eigenvalue weighted by atomic mass is 16.7. The molecule has 1 rings (SSSR count). The fourth-order valence-electron chi connectivity index (χ4n) is 2.51. The van der Waals surface area contributed by atoms with E-state index in [1.807, 2.05) is 0 Å². The number of carbonyl (C=O) groups is 1. The van der Waals surface area contributed by atoms with E-state index in [1.165, 1.54) is 32.8 Å². The summed E-state index contributed by atoms with van der Waals surface area (Å²) in [7, 11) is 1.25. The van der Waals surface area contributed by atoms with Crippen LogP contribution in [-0.4, -0.2) is 30.6 Å². The molecule has 0 bridgehead atoms. The van der Waals surface area contributed by atoms with Gasteiger partial charge in [-0.2, -0.15) is 0 Å². The Balaban J connectivity index is 2.23. The Kier molecular flexibility index (Phi) is 7.46. The van der Waals surface area contributed by atoms with Crippen LogP contribution in [0, 0.1) is 17.8 Å². The van der Waals surface area contributed by atoms with Gasteiger partial charge in [0.05, 0.1) is 7.11 Å². The summed E-state index contributed by atoms with van der Waals surface area (Å²) in [5, 5.41) is 10.3. The number of hydrogen-bond acceptors (Lipinski definition) is 4. The monoisotopic (exact) mass is 282 g/mol. The maximum absolute atomic E-state index is 10.7. The topological polar surface area (TPSA) is 55.8 Å². The van der Waals surface area contributed by atoms with Crippen molar-refractivity contribution < 1.29 is 19.4 Å². The molecule has 114 valence electrons. The van der Waals surface area contributed by atoms with Crippen LogP contribution in [0.4, 0.5) is 4.79 Å². The van der Waals surface area contributed by atoms with Crippen molar-refractivity contribution in [3.05, 3.63) is 0 Å². The maximum Gasteiger partial charge on any atom is 0.508 e. The summed E-state index contributed by atoms with van der Waals surface area (Å²) < 4.78 is 9.01. The van der Waals surface area contributed by atoms with Gasteiger partial charge in [-0.25, -0.2) is 4.79 Å². The van der Waals surface area contributed by atoms with Gasteiger partial charge in [-0.1, -0.05) is 50.9 Å². The molecule has 0 saturated heterocycles. The second-order valence-electron chi connectivity index (χ2n) is 5.41. The lowest BCUT2D eigenvalue weighted by molar-refractivity contribution is -0.0473. The minimum Gasteiger partial charge on any atom is -0.438 e. The van der Waals surface area contributed by atoms with Gasteiger partial charge in [0.15, 0.2) is 6.61 Å². The predicted octanol–water partition coefficient (Wildman–Crippen LogP) is 3.27. The first-order chi connectivity index (χ1) is 9.62. The van der Waals surface area contributed by atoms with Crippen LogP contribution in [0.15, 0.2) is 0 Å². The molecule has 0 aliphatic heterocycles. The lowest BCUT2D eigenvalue weighted by Crippen LogP contribution is -2.45. The summed E-state index contributed by atoms with van der Waals surface area (Å²) in [4.78, 5) is 10.7. The molecule has 1 N–H and O–H groups in total. The number of aliphatic hydroxyl groups is 1. The molecule has 1 aliphatic carbocycles. The first kappa shape index (κ1) is 16.8. The van der Waals surface area contributed by atoms with Crippen LogP contribution in [0.2, 0.25) is 0 Å². The first-order valence-electron chi connectivity index (χ1n) is 7.55. The van der Waals surface area contributed by atoms with Crippen molar-refractivity contribution in [2.45, 2.75) is 63.9 Å². The van der Waals surface area contributed by atoms with Gasteiger partial charge in [0.1, 0.15) is 5.60 Å². The number of methoxy groups -OCH3 is 1. The van der Waals surface area contributed by atoms with Gasteiger partial charge < -0.3 is 14.6 Å². The molecule has 4 nitrogen and oxygen atoms in total. The van der Waals surface area contributed by atoms with Crippen LogP contribution in [0.3, 0.4) is 0 Å². The lowest BCUT2D eigenvalue weighted by atomic mass is 9.67. The summed E-state index contributed by atoms with van der Waals surface area (Å²) in [6, 6.07) is 0. The van der Waals surface area contributed by atoms with Crippen molar-refractivity contribution in [2.75, 3.05) is 13.7 Å². The van der Waals surface area contributed by atoms with Gasteiger partial charge >= 0.3 is 6.16 Å². The van der Waals surface area contributed by atoms with E-state index in [4.69, 9.17) is 0 Å². The molecule has 1 aliphatic rings. The minimum absolute atomic E-state index is 0.0296. The minimum atomic E-state index is -0.871. The van der Waals surface area contributed by atoms with Gasteiger partial charge in [0, 0.05) is 0 Å². The molecule has 20 heavy (non-hydrogen) atoms. The highest BCUT2D eigenvalue weighted by Gasteiger charge is 2.43. The van der Waals surface area contributed by atoms with E-state index < -0.39 is 11.8 Å². The molecule has 0 amide bonds. The number of rotatable bonds is 7. The third-order valence-corrected chi connectivity index (χ3v) is 3.94. The molecule has 4 heteroatoms. The molecule has 0 unspecified atom stereocenters. The van der Waals surface area contributed by atoms with Crippen LogP contribution in [0.25, 0.3) is 0 Å². The summed E-state index contributed by atoms with van der Waals surface area (Å²) in [5.74, 6) is 5.83. The fourth-order valence-corrected chi connectivity index (χ4v) is 2.51. The Bertz CT molecular complexity index is 355. The molecule has 0 radical (unpaired) electrons. The number of hydrogen-bond donors (Lipinski definition) is 1. The van der Waals surface area contributed by atoms with Crippen molar-refractivity contribution in [3.8, 4) is 11.8 Å². The van der Waals surface area contributed by atoms with Crippen molar-refractivity contribution in [1.29, 1.82) is 0 Å². The van der Waals surface area contributed by atoms with Crippen molar-refractivity contribution in [1.82, 2.24) is 0 Å². The molecule has 1 saturated carbocycles. The average molecular weight is 282 g/mol. The molecule has 2 atom stereocenters. The molecule has 0 aromatic carbocycles. The molecule has 0 aromatic heterocycles. The molecule has 0 heterocycles. The van der Waals surface area contributed by atoms with Crippen LogP contribution < -0.4 is 0 Å². The zero-order valence-corrected chi connectivity index (χ0v) is 12.6. The summed E-state index contributed by atoms with van der Waals surface area (Å²) in [6.45, 7) is 2.18. The maximum atomic E-state index is 10.7. The zero-order valence-electron chi connectivity index (χ0n) is 12.6. The number of unbranched alkanes of at least 4 members (excludes halogenated alkanes) is 4. The molecular formula is C16H26O4. The highest BCUT2D eigenvalue weighted by Crippen LogP contribution is 2.41. The van der Waals surface area contributed by atoms with Crippen molar-refractivity contribution in [3.63, 3.8) is 0 Å². The standard InChI is InChI=1S/C16H26O4/c1-3-4-5-6-7-9-14-10-12-16(14,18)11-8-13-20-15(17)19-2/h14,18H,3-7,9-10,12-13H2,1-2H3/t14-,16+/m1/s1. The van der Waals surface area contributed by atoms with Crippen LogP contribution in [0.1, 0.15) is 58.3 Å². The quantitative estimate of drug-likeness (QED) is 0.442. The van der Waals surface area contributed by atoms with Gasteiger partial charge in [-0.15, -0.1) is 0 Å². The summed E-state index contributed by atoms with van der Waals surface area (Å²) in [6.07, 6.45) is 8.26. The van der Waals surface area contributed by atoms with E-state index in [9.17, 15) is 9.90 Å². The Morgan fingerprint density at radius 2 is 2.10 bits per heavy atom. The average Bonchev–Trinajstić information content (AvgIpc) is 2.45. The van der Waals surface area contributed by atoms with E-state index in [-0.39, 0.29) is 12.5 Å². The normalized spacial score (nSPS) is 24.2. The molecular weight excluding hydrogens is 256 g/mol. The van der Waals surface area contributed by atoms with E-state index in [1.54, 1.807) is 0 Å². The lowest BCUT2D eigenvalue weighted by Gasteiger charge is -2.41. The van der Waals surface area contributed by atoms with E-state index in [0.717, 1.165) is 25.7 Å². The largest absolute Gasteiger partial charge is 0.508 e. The third kappa shape index (κ3) is 5.42. The Morgan fingerprint density at radius 3 is 2.70 bits per heavy atom. The van der Waals surface area contributed by atoms with Gasteiger partial charge in [0.2, 0.25) is 0 Å². The number of ether oxygens (including phenoxy) is 2. The van der Waals surface area contributed by atoms with E-state index in [0.29, 0.717) is 0 Å². The smallest absolute Gasteiger partial charge is 0.438 e. The fraction of sp³-hybridized carbons (Fsp3) is 0.812. The van der Waals surface area contributed by atoms with E-state index >= 15 is 0 Å². The molecule has 0 aromatic rings. The summed E-state index contributed by atoms with van der Waals surface area (Å²) >= 11 is 0. The highest BCUT2D eigenvalue weighted by molar-refractivity contribution is 5.59. The van der Waals surface area contributed by atoms with Gasteiger partial charge in [-0.3, -0.25) is 0 Å². The van der Waals surface area contributed by atoms with Crippen molar-refractivity contribution in [2.24, 2.45) is 5.92 Å². The predicted molar refractivity (Wildman–Crippen MR) is 77.2 cm³/mol. The second kappa shape index (κ2) is 8.86. The van der Waals surface area contributed by atoms with Crippen LogP contribution in [0.5, 0.6) is 0 Å². The van der Waals surface area contributed by atoms with Crippen LogP contribution in [-0.2, 0) is 9.47 Å².